The Balaban J connectivity index is 1.53. The average Bonchev–Trinajstić information content (AvgIpc) is 2.77. The molecule has 1 saturated heterocycles. The van der Waals surface area contributed by atoms with Crippen molar-refractivity contribution in [3.63, 3.8) is 0 Å². The van der Waals surface area contributed by atoms with Crippen molar-refractivity contribution in [1.82, 2.24) is 9.80 Å². The summed E-state index contributed by atoms with van der Waals surface area (Å²) >= 11 is 1.46. The van der Waals surface area contributed by atoms with Gasteiger partial charge in [-0.2, -0.15) is 0 Å². The lowest BCUT2D eigenvalue weighted by atomic mass is 10.1. The van der Waals surface area contributed by atoms with E-state index in [4.69, 9.17) is 10.9 Å². The van der Waals surface area contributed by atoms with Gasteiger partial charge in [0, 0.05) is 54.4 Å². The second-order valence-corrected chi connectivity index (χ2v) is 10.6. The summed E-state index contributed by atoms with van der Waals surface area (Å²) in [4.78, 5) is 29.7. The number of rotatable bonds is 7. The molecule has 8 nitrogen and oxygen atoms in total. The number of hydrogen-bond donors (Lipinski definition) is 2. The minimum atomic E-state index is -3.91. The van der Waals surface area contributed by atoms with E-state index >= 15 is 0 Å². The number of primary sulfonamides is 1. The number of benzene rings is 2. The van der Waals surface area contributed by atoms with Crippen molar-refractivity contribution < 1.29 is 22.4 Å². The van der Waals surface area contributed by atoms with Gasteiger partial charge in [0.05, 0.1) is 4.90 Å². The quantitative estimate of drug-likeness (QED) is 0.564. The van der Waals surface area contributed by atoms with E-state index in [1.54, 1.807) is 28.0 Å². The average molecular weight is 495 g/mol. The van der Waals surface area contributed by atoms with Crippen LogP contribution in [0.1, 0.15) is 23.7 Å². The molecule has 0 saturated carbocycles. The molecule has 3 rings (SSSR count). The van der Waals surface area contributed by atoms with Crippen LogP contribution in [-0.4, -0.2) is 67.5 Å². The van der Waals surface area contributed by atoms with E-state index in [-0.39, 0.29) is 46.6 Å². The van der Waals surface area contributed by atoms with Crippen molar-refractivity contribution in [2.45, 2.75) is 35.2 Å². The Hall–Kier alpha value is -2.47. The number of piperazine rings is 1. The second-order valence-electron chi connectivity index (χ2n) is 7.99. The van der Waals surface area contributed by atoms with E-state index in [1.807, 2.05) is 6.92 Å². The van der Waals surface area contributed by atoms with E-state index < -0.39 is 10.0 Å². The Kier molecular flexibility index (Phi) is 8.11. The van der Waals surface area contributed by atoms with Gasteiger partial charge in [-0.05, 0) is 49.4 Å². The van der Waals surface area contributed by atoms with E-state index in [0.717, 1.165) is 4.90 Å². The van der Waals surface area contributed by atoms with Crippen LogP contribution in [0.25, 0.3) is 0 Å². The van der Waals surface area contributed by atoms with Gasteiger partial charge in [-0.15, -0.1) is 11.8 Å². The van der Waals surface area contributed by atoms with Crippen LogP contribution in [0.2, 0.25) is 0 Å². The summed E-state index contributed by atoms with van der Waals surface area (Å²) in [5.41, 5.74) is 6.36. The molecule has 11 heteroatoms. The first kappa shape index (κ1) is 25.2. The van der Waals surface area contributed by atoms with E-state index in [0.29, 0.717) is 25.4 Å². The fourth-order valence-corrected chi connectivity index (χ4v) is 5.02. The molecule has 1 aliphatic heterocycles. The number of carbonyl (C=O) groups excluding carboxylic acids is 2. The minimum absolute atomic E-state index is 0.0858. The van der Waals surface area contributed by atoms with Crippen molar-refractivity contribution in [3.8, 4) is 0 Å². The summed E-state index contributed by atoms with van der Waals surface area (Å²) in [5.74, 6) is -0.182. The number of amides is 2. The lowest BCUT2D eigenvalue weighted by Crippen LogP contribution is -2.56. The molecular weight excluding hydrogens is 467 g/mol. The van der Waals surface area contributed by atoms with Crippen LogP contribution in [-0.2, 0) is 14.8 Å². The predicted molar refractivity (Wildman–Crippen MR) is 125 cm³/mol. The monoisotopic (exact) mass is 494 g/mol. The highest BCUT2D eigenvalue weighted by atomic mass is 32.2. The minimum Gasteiger partial charge on any atom is -0.339 e. The van der Waals surface area contributed by atoms with Gasteiger partial charge in [-0.25, -0.2) is 17.9 Å². The van der Waals surface area contributed by atoms with Gasteiger partial charge in [0.15, 0.2) is 0 Å². The summed E-state index contributed by atoms with van der Waals surface area (Å²) in [7, 11) is -3.91. The standard InChI is InChI=1S/C22H27FN4O4S2/c1-15-13-26(21(28)12-18(24)14-32-19-7-5-17(23)6-8-19)9-10-27(15)22(29)16-3-2-4-20(11-16)33(25,30)31/h2-8,11,15,18H,9-10,12-14,24H2,1H3,(H2,25,30,31)/t15-,18-/m0/s1. The van der Waals surface area contributed by atoms with Gasteiger partial charge >= 0.3 is 0 Å². The predicted octanol–water partition coefficient (Wildman–Crippen LogP) is 1.66. The SMILES string of the molecule is C[C@H]1CN(C(=O)C[C@H](N)CSc2ccc(F)cc2)CCN1C(=O)c1cccc(S(N)(=O)=O)c1. The van der Waals surface area contributed by atoms with Gasteiger partial charge in [-0.1, -0.05) is 6.07 Å². The smallest absolute Gasteiger partial charge is 0.254 e. The van der Waals surface area contributed by atoms with Gasteiger partial charge in [0.25, 0.3) is 5.91 Å². The highest BCUT2D eigenvalue weighted by Gasteiger charge is 2.31. The maximum atomic E-state index is 13.0. The van der Waals surface area contributed by atoms with Crippen LogP contribution < -0.4 is 10.9 Å². The fourth-order valence-electron chi connectivity index (χ4n) is 3.60. The van der Waals surface area contributed by atoms with Gasteiger partial charge in [0.1, 0.15) is 5.82 Å². The lowest BCUT2D eigenvalue weighted by molar-refractivity contribution is -0.133. The first-order chi connectivity index (χ1) is 15.5. The van der Waals surface area contributed by atoms with Crippen LogP contribution in [0, 0.1) is 5.82 Å². The number of sulfonamides is 1. The number of nitrogens with two attached hydrogens (primary N) is 2. The van der Waals surface area contributed by atoms with Crippen molar-refractivity contribution in [1.29, 1.82) is 0 Å². The molecule has 4 N–H and O–H groups in total. The molecule has 0 bridgehead atoms. The first-order valence-electron chi connectivity index (χ1n) is 10.4. The molecule has 2 atom stereocenters. The molecule has 33 heavy (non-hydrogen) atoms. The third-order valence-corrected chi connectivity index (χ3v) is 7.48. The maximum Gasteiger partial charge on any atom is 0.254 e. The van der Waals surface area contributed by atoms with Crippen molar-refractivity contribution >= 4 is 33.6 Å². The number of hydrogen-bond acceptors (Lipinski definition) is 6. The summed E-state index contributed by atoms with van der Waals surface area (Å²) < 4.78 is 36.1. The molecule has 0 aliphatic carbocycles. The molecule has 2 aromatic rings. The molecule has 0 spiro atoms. The zero-order valence-electron chi connectivity index (χ0n) is 18.2. The zero-order valence-corrected chi connectivity index (χ0v) is 19.8. The molecule has 0 unspecified atom stereocenters. The molecule has 1 heterocycles. The number of thioether (sulfide) groups is 1. The first-order valence-corrected chi connectivity index (χ1v) is 12.9. The second kappa shape index (κ2) is 10.6. The third-order valence-electron chi connectivity index (χ3n) is 5.37. The van der Waals surface area contributed by atoms with E-state index in [9.17, 15) is 22.4 Å². The summed E-state index contributed by atoms with van der Waals surface area (Å²) in [6.07, 6.45) is 0.172. The maximum absolute atomic E-state index is 13.0. The van der Waals surface area contributed by atoms with Gasteiger partial charge < -0.3 is 15.5 Å². The Morgan fingerprint density at radius 3 is 2.52 bits per heavy atom. The third kappa shape index (κ3) is 6.76. The van der Waals surface area contributed by atoms with Crippen LogP contribution >= 0.6 is 11.8 Å². The van der Waals surface area contributed by atoms with E-state index in [2.05, 4.69) is 0 Å². The van der Waals surface area contributed by atoms with Crippen LogP contribution in [0.15, 0.2) is 58.3 Å². The number of nitrogens with zero attached hydrogens (tertiary/aromatic N) is 2. The van der Waals surface area contributed by atoms with E-state index in [1.165, 1.54) is 42.1 Å². The fraction of sp³-hybridized carbons (Fsp3) is 0.364. The molecule has 1 aliphatic rings. The topological polar surface area (TPSA) is 127 Å². The summed E-state index contributed by atoms with van der Waals surface area (Å²) in [6, 6.07) is 11.1. The lowest BCUT2D eigenvalue weighted by Gasteiger charge is -2.40. The van der Waals surface area contributed by atoms with Crippen LogP contribution in [0.4, 0.5) is 4.39 Å². The van der Waals surface area contributed by atoms with Crippen molar-refractivity contribution in [2.75, 3.05) is 25.4 Å². The largest absolute Gasteiger partial charge is 0.339 e. The Labute approximate surface area is 197 Å². The molecule has 178 valence electrons. The Morgan fingerprint density at radius 1 is 1.18 bits per heavy atom. The highest BCUT2D eigenvalue weighted by Crippen LogP contribution is 2.21. The Bertz CT molecular complexity index is 1110. The number of halogens is 1. The summed E-state index contributed by atoms with van der Waals surface area (Å²) in [6.45, 7) is 2.88. The highest BCUT2D eigenvalue weighted by molar-refractivity contribution is 7.99. The van der Waals surface area contributed by atoms with Gasteiger partial charge in [-0.3, -0.25) is 9.59 Å². The molecule has 1 fully saturated rings. The molecule has 2 aromatic carbocycles. The Morgan fingerprint density at radius 2 is 1.88 bits per heavy atom. The molecule has 0 radical (unpaired) electrons. The summed E-state index contributed by atoms with van der Waals surface area (Å²) in [5, 5.41) is 5.16. The molecule has 0 aromatic heterocycles. The molecular formula is C22H27FN4O4S2. The zero-order chi connectivity index (χ0) is 24.2. The number of carbonyl (C=O) groups is 2. The van der Waals surface area contributed by atoms with Crippen molar-refractivity contribution in [2.24, 2.45) is 10.9 Å². The van der Waals surface area contributed by atoms with Crippen molar-refractivity contribution in [3.05, 3.63) is 59.9 Å². The molecule has 2 amide bonds. The van der Waals surface area contributed by atoms with Crippen LogP contribution in [0.3, 0.4) is 0 Å². The normalized spacial score (nSPS) is 17.6. The van der Waals surface area contributed by atoms with Crippen LogP contribution in [0.5, 0.6) is 0 Å². The van der Waals surface area contributed by atoms with Gasteiger partial charge in [0.2, 0.25) is 15.9 Å².